The summed E-state index contributed by atoms with van der Waals surface area (Å²) in [6.45, 7) is 5.25. The van der Waals surface area contributed by atoms with Crippen molar-refractivity contribution in [1.82, 2.24) is 9.62 Å². The Morgan fingerprint density at radius 2 is 1.70 bits per heavy atom. The number of hydrogen-bond donors (Lipinski definition) is 3. The van der Waals surface area contributed by atoms with Crippen LogP contribution in [0.4, 0.5) is 30.2 Å². The maximum Gasteiger partial charge on any atom is 0.301 e. The van der Waals surface area contributed by atoms with Crippen molar-refractivity contribution in [1.29, 1.82) is 0 Å². The van der Waals surface area contributed by atoms with Crippen molar-refractivity contribution in [3.05, 3.63) is 51.4 Å². The van der Waals surface area contributed by atoms with Crippen molar-refractivity contribution in [2.45, 2.75) is 20.3 Å². The first-order valence-electron chi connectivity index (χ1n) is 9.38. The van der Waals surface area contributed by atoms with Gasteiger partial charge in [-0.25, -0.2) is 13.2 Å². The summed E-state index contributed by atoms with van der Waals surface area (Å²) in [5, 5.41) is 5.57. The van der Waals surface area contributed by atoms with Crippen LogP contribution in [0.3, 0.4) is 0 Å². The maximum atomic E-state index is 14.5. The van der Waals surface area contributed by atoms with Crippen LogP contribution >= 0.6 is 22.6 Å². The van der Waals surface area contributed by atoms with E-state index in [-0.39, 0.29) is 24.5 Å². The Kier molecular flexibility index (Phi) is 9.19. The standard InChI is InChI=1S/C19H24F3IN4O2S/c1-3-9-24-10-11-27(4-2)30(28,29)26-17-8-6-14(20)18(22)19(17)25-16-7-5-13(23)12-15(16)21/h5-8,12,24-26H,3-4,9-11H2,1-2H3. The Labute approximate surface area is 188 Å². The molecule has 0 heterocycles. The molecule has 0 aliphatic heterocycles. The molecule has 11 heteroatoms. The Hall–Kier alpha value is -1.57. The minimum absolute atomic E-state index is 0.114. The molecule has 166 valence electrons. The van der Waals surface area contributed by atoms with Crippen LogP contribution in [0, 0.1) is 21.0 Å². The zero-order valence-electron chi connectivity index (χ0n) is 16.6. The fourth-order valence-electron chi connectivity index (χ4n) is 2.64. The highest BCUT2D eigenvalue weighted by Crippen LogP contribution is 2.32. The van der Waals surface area contributed by atoms with Crippen LogP contribution < -0.4 is 15.4 Å². The van der Waals surface area contributed by atoms with E-state index in [0.717, 1.165) is 25.1 Å². The molecule has 0 aliphatic rings. The molecular formula is C19H24F3IN4O2S. The number of benzene rings is 2. The molecule has 3 N–H and O–H groups in total. The average molecular weight is 556 g/mol. The number of halogens is 4. The van der Waals surface area contributed by atoms with E-state index in [1.165, 1.54) is 16.4 Å². The Bertz CT molecular complexity index is 976. The lowest BCUT2D eigenvalue weighted by molar-refractivity contribution is 0.423. The highest BCUT2D eigenvalue weighted by molar-refractivity contribution is 14.1. The second-order valence-corrected chi connectivity index (χ2v) is 9.30. The van der Waals surface area contributed by atoms with Gasteiger partial charge in [0.1, 0.15) is 11.5 Å². The van der Waals surface area contributed by atoms with Crippen LogP contribution in [0.1, 0.15) is 20.3 Å². The summed E-state index contributed by atoms with van der Waals surface area (Å²) in [4.78, 5) is 0. The van der Waals surface area contributed by atoms with Crippen molar-refractivity contribution < 1.29 is 21.6 Å². The summed E-state index contributed by atoms with van der Waals surface area (Å²) in [5.74, 6) is -3.19. The Morgan fingerprint density at radius 1 is 1.00 bits per heavy atom. The molecule has 0 bridgehead atoms. The van der Waals surface area contributed by atoms with E-state index in [4.69, 9.17) is 0 Å². The van der Waals surface area contributed by atoms with E-state index in [1.807, 2.05) is 29.5 Å². The molecule has 0 aliphatic carbocycles. The van der Waals surface area contributed by atoms with E-state index in [1.54, 1.807) is 13.0 Å². The zero-order chi connectivity index (χ0) is 22.3. The molecule has 0 aromatic heterocycles. The molecule has 30 heavy (non-hydrogen) atoms. The van der Waals surface area contributed by atoms with Crippen LogP contribution in [0.5, 0.6) is 0 Å². The van der Waals surface area contributed by atoms with E-state index < -0.39 is 33.3 Å². The smallest absolute Gasteiger partial charge is 0.301 e. The molecule has 0 fully saturated rings. The summed E-state index contributed by atoms with van der Waals surface area (Å²) in [6.07, 6.45) is 0.913. The summed E-state index contributed by atoms with van der Waals surface area (Å²) < 4.78 is 72.1. The molecular weight excluding hydrogens is 532 g/mol. The molecule has 2 aromatic rings. The van der Waals surface area contributed by atoms with E-state index in [9.17, 15) is 21.6 Å². The van der Waals surface area contributed by atoms with Gasteiger partial charge in [0.2, 0.25) is 0 Å². The van der Waals surface area contributed by atoms with Crippen LogP contribution in [0.15, 0.2) is 30.3 Å². The van der Waals surface area contributed by atoms with Crippen LogP contribution in [-0.2, 0) is 10.2 Å². The predicted octanol–water partition coefficient (Wildman–Crippen LogP) is 4.43. The predicted molar refractivity (Wildman–Crippen MR) is 122 cm³/mol. The fourth-order valence-corrected chi connectivity index (χ4v) is 4.34. The Morgan fingerprint density at radius 3 is 2.33 bits per heavy atom. The molecule has 0 radical (unpaired) electrons. The van der Waals surface area contributed by atoms with Gasteiger partial charge in [-0.05, 0) is 65.9 Å². The summed E-state index contributed by atoms with van der Waals surface area (Å²) in [5.41, 5.74) is -0.845. The van der Waals surface area contributed by atoms with Gasteiger partial charge in [0.15, 0.2) is 11.6 Å². The quantitative estimate of drug-likeness (QED) is 0.283. The highest BCUT2D eigenvalue weighted by Gasteiger charge is 2.24. The first-order valence-corrected chi connectivity index (χ1v) is 11.9. The van der Waals surface area contributed by atoms with Gasteiger partial charge in [-0.2, -0.15) is 12.7 Å². The average Bonchev–Trinajstić information content (AvgIpc) is 2.69. The summed E-state index contributed by atoms with van der Waals surface area (Å²) in [7, 11) is -4.05. The molecule has 2 rings (SSSR count). The first-order chi connectivity index (χ1) is 14.2. The third-order valence-corrected chi connectivity index (χ3v) is 6.45. The third-order valence-electron chi connectivity index (χ3n) is 4.18. The van der Waals surface area contributed by atoms with Crippen molar-refractivity contribution >= 4 is 49.9 Å². The van der Waals surface area contributed by atoms with Gasteiger partial charge < -0.3 is 10.6 Å². The second kappa shape index (κ2) is 11.2. The molecule has 2 aromatic carbocycles. The SMILES string of the molecule is CCCNCCN(CC)S(=O)(=O)Nc1ccc(F)c(F)c1Nc1ccc(I)cc1F. The van der Waals surface area contributed by atoms with Gasteiger partial charge in [-0.1, -0.05) is 13.8 Å². The van der Waals surface area contributed by atoms with E-state index in [0.29, 0.717) is 10.1 Å². The molecule has 0 saturated heterocycles. The molecule has 0 atom stereocenters. The minimum atomic E-state index is -4.05. The number of anilines is 3. The fraction of sp³-hybridized carbons (Fsp3) is 0.368. The number of nitrogens with one attached hydrogen (secondary N) is 3. The zero-order valence-corrected chi connectivity index (χ0v) is 19.6. The number of hydrogen-bond acceptors (Lipinski definition) is 4. The lowest BCUT2D eigenvalue weighted by Gasteiger charge is -2.23. The molecule has 0 amide bonds. The van der Waals surface area contributed by atoms with Gasteiger partial charge in [0.05, 0.1) is 11.4 Å². The topological polar surface area (TPSA) is 73.5 Å². The normalized spacial score (nSPS) is 11.7. The van der Waals surface area contributed by atoms with Crippen LogP contribution in [0.2, 0.25) is 0 Å². The first kappa shape index (κ1) is 24.7. The number of rotatable bonds is 11. The number of nitrogens with zero attached hydrogens (tertiary/aromatic N) is 1. The van der Waals surface area contributed by atoms with Crippen molar-refractivity contribution in [2.24, 2.45) is 0 Å². The number of likely N-dealkylation sites (N-methyl/N-ethyl adjacent to an activating group) is 1. The van der Waals surface area contributed by atoms with Crippen molar-refractivity contribution in [2.75, 3.05) is 36.2 Å². The Balaban J connectivity index is 2.31. The van der Waals surface area contributed by atoms with Crippen molar-refractivity contribution in [3.63, 3.8) is 0 Å². The van der Waals surface area contributed by atoms with Gasteiger partial charge >= 0.3 is 10.2 Å². The van der Waals surface area contributed by atoms with Gasteiger partial charge in [0, 0.05) is 23.2 Å². The van der Waals surface area contributed by atoms with E-state index >= 15 is 0 Å². The highest BCUT2D eigenvalue weighted by atomic mass is 127. The van der Waals surface area contributed by atoms with Crippen molar-refractivity contribution in [3.8, 4) is 0 Å². The maximum absolute atomic E-state index is 14.5. The molecule has 0 saturated carbocycles. The van der Waals surface area contributed by atoms with Gasteiger partial charge in [0.25, 0.3) is 0 Å². The van der Waals surface area contributed by atoms with Gasteiger partial charge in [-0.3, -0.25) is 4.72 Å². The lowest BCUT2D eigenvalue weighted by Crippen LogP contribution is -2.40. The second-order valence-electron chi connectivity index (χ2n) is 6.38. The van der Waals surface area contributed by atoms with Gasteiger partial charge in [-0.15, -0.1) is 0 Å². The monoisotopic (exact) mass is 556 g/mol. The summed E-state index contributed by atoms with van der Waals surface area (Å²) >= 11 is 1.91. The minimum Gasteiger partial charge on any atom is -0.349 e. The molecule has 0 unspecified atom stereocenters. The molecule has 0 spiro atoms. The third kappa shape index (κ3) is 6.46. The largest absolute Gasteiger partial charge is 0.349 e. The lowest BCUT2D eigenvalue weighted by atomic mass is 10.2. The molecule has 6 nitrogen and oxygen atoms in total. The van der Waals surface area contributed by atoms with Crippen LogP contribution in [-0.4, -0.2) is 38.9 Å². The van der Waals surface area contributed by atoms with Crippen LogP contribution in [0.25, 0.3) is 0 Å². The van der Waals surface area contributed by atoms with E-state index in [2.05, 4.69) is 15.4 Å². The summed E-state index contributed by atoms with van der Waals surface area (Å²) in [6, 6.07) is 6.05.